The summed E-state index contributed by atoms with van der Waals surface area (Å²) in [7, 11) is -2.21. The van der Waals surface area contributed by atoms with Gasteiger partial charge in [-0.3, -0.25) is 0 Å². The Kier molecular flexibility index (Phi) is 5.12. The highest BCUT2D eigenvalue weighted by Crippen LogP contribution is 2.63. The molecule has 1 aliphatic rings. The van der Waals surface area contributed by atoms with Crippen LogP contribution in [0.25, 0.3) is 0 Å². The van der Waals surface area contributed by atoms with Gasteiger partial charge in [0.25, 0.3) is 0 Å². The smallest absolute Gasteiger partial charge is 0.183 e. The Morgan fingerprint density at radius 2 is 1.77 bits per heavy atom. The van der Waals surface area contributed by atoms with Crippen molar-refractivity contribution < 1.29 is 13.2 Å². The number of nitrogens with zero attached hydrogens (tertiary/aromatic N) is 1. The van der Waals surface area contributed by atoms with E-state index in [-0.39, 0.29) is 11.5 Å². The van der Waals surface area contributed by atoms with Crippen LogP contribution in [0.15, 0.2) is 53.4 Å². The SMILES string of the molecule is CCc1ccc(C2C(S(=O)(=O)c3ccc(Cl)cc3)C2(C#N)COC)cc1. The molecule has 4 nitrogen and oxygen atoms in total. The van der Waals surface area contributed by atoms with Crippen LogP contribution >= 0.6 is 11.6 Å². The molecular formula is C20H20ClNO3S. The summed E-state index contributed by atoms with van der Waals surface area (Å²) in [5.74, 6) is -0.418. The standard InChI is InChI=1S/C20H20ClNO3S/c1-3-14-4-6-15(7-5-14)18-19(20(18,12-22)13-25-2)26(23,24)17-10-8-16(21)9-11-17/h4-11,18-19H,3,13H2,1-2H3. The summed E-state index contributed by atoms with van der Waals surface area (Å²) in [5, 5.41) is 9.46. The van der Waals surface area contributed by atoms with E-state index in [4.69, 9.17) is 16.3 Å². The first-order valence-electron chi connectivity index (χ1n) is 8.39. The molecule has 0 aliphatic heterocycles. The predicted molar refractivity (Wildman–Crippen MR) is 101 cm³/mol. The van der Waals surface area contributed by atoms with Gasteiger partial charge in [-0.25, -0.2) is 8.42 Å². The van der Waals surface area contributed by atoms with E-state index in [0.717, 1.165) is 12.0 Å². The van der Waals surface area contributed by atoms with Gasteiger partial charge in [0.1, 0.15) is 5.41 Å². The van der Waals surface area contributed by atoms with Gasteiger partial charge in [0.2, 0.25) is 0 Å². The van der Waals surface area contributed by atoms with Crippen LogP contribution in [0, 0.1) is 16.7 Å². The molecule has 2 aromatic rings. The van der Waals surface area contributed by atoms with Crippen molar-refractivity contribution in [3.8, 4) is 6.07 Å². The second-order valence-corrected chi connectivity index (χ2v) is 9.08. The Bertz CT molecular complexity index is 933. The van der Waals surface area contributed by atoms with Crippen LogP contribution < -0.4 is 0 Å². The average Bonchev–Trinajstić information content (AvgIpc) is 3.32. The average molecular weight is 390 g/mol. The number of methoxy groups -OCH3 is 1. The number of halogens is 1. The minimum Gasteiger partial charge on any atom is -0.383 e. The van der Waals surface area contributed by atoms with Crippen LogP contribution in [0.1, 0.15) is 24.0 Å². The van der Waals surface area contributed by atoms with Crippen molar-refractivity contribution >= 4 is 21.4 Å². The molecule has 6 heteroatoms. The van der Waals surface area contributed by atoms with Crippen LogP contribution in [0.5, 0.6) is 0 Å². The number of rotatable bonds is 6. The highest BCUT2D eigenvalue weighted by molar-refractivity contribution is 7.92. The fraction of sp³-hybridized carbons (Fsp3) is 0.350. The maximum absolute atomic E-state index is 13.2. The lowest BCUT2D eigenvalue weighted by molar-refractivity contribution is 0.162. The molecule has 0 aromatic heterocycles. The number of nitriles is 1. The first-order valence-corrected chi connectivity index (χ1v) is 10.3. The van der Waals surface area contributed by atoms with Gasteiger partial charge < -0.3 is 4.74 Å². The molecule has 26 heavy (non-hydrogen) atoms. The van der Waals surface area contributed by atoms with E-state index in [9.17, 15) is 13.7 Å². The quantitative estimate of drug-likeness (QED) is 0.748. The molecule has 0 radical (unpaired) electrons. The largest absolute Gasteiger partial charge is 0.383 e. The zero-order chi connectivity index (χ0) is 18.9. The van der Waals surface area contributed by atoms with Gasteiger partial charge in [-0.05, 0) is 41.8 Å². The maximum atomic E-state index is 13.2. The molecule has 1 fully saturated rings. The normalized spacial score (nSPS) is 24.8. The van der Waals surface area contributed by atoms with E-state index >= 15 is 0 Å². The molecule has 3 unspecified atom stereocenters. The lowest BCUT2D eigenvalue weighted by Crippen LogP contribution is -2.19. The molecule has 1 aliphatic carbocycles. The van der Waals surface area contributed by atoms with Crippen molar-refractivity contribution in [1.29, 1.82) is 5.26 Å². The maximum Gasteiger partial charge on any atom is 0.183 e. The molecule has 0 N–H and O–H groups in total. The highest BCUT2D eigenvalue weighted by atomic mass is 35.5. The fourth-order valence-corrected chi connectivity index (χ4v) is 6.08. The zero-order valence-electron chi connectivity index (χ0n) is 14.6. The summed E-state index contributed by atoms with van der Waals surface area (Å²) in [5.41, 5.74) is 0.935. The second kappa shape index (κ2) is 7.03. The predicted octanol–water partition coefficient (Wildman–Crippen LogP) is 4.00. The second-order valence-electron chi connectivity index (χ2n) is 6.58. The van der Waals surface area contributed by atoms with Crippen molar-refractivity contribution in [2.75, 3.05) is 13.7 Å². The molecule has 0 amide bonds. The number of hydrogen-bond acceptors (Lipinski definition) is 4. The van der Waals surface area contributed by atoms with Crippen LogP contribution in [0.3, 0.4) is 0 Å². The summed E-state index contributed by atoms with van der Waals surface area (Å²) in [6, 6.07) is 16.1. The van der Waals surface area contributed by atoms with E-state index in [0.29, 0.717) is 5.02 Å². The Morgan fingerprint density at radius 1 is 1.15 bits per heavy atom. The monoisotopic (exact) mass is 389 g/mol. The Hall–Kier alpha value is -1.87. The Labute approximate surface area is 159 Å². The third kappa shape index (κ3) is 3.03. The van der Waals surface area contributed by atoms with Gasteiger partial charge in [-0.2, -0.15) is 5.26 Å². The van der Waals surface area contributed by atoms with Gasteiger partial charge in [0, 0.05) is 18.1 Å². The first kappa shape index (κ1) is 18.9. The van der Waals surface area contributed by atoms with Crippen molar-refractivity contribution in [2.45, 2.75) is 29.4 Å². The van der Waals surface area contributed by atoms with Crippen molar-refractivity contribution in [3.63, 3.8) is 0 Å². The summed E-state index contributed by atoms with van der Waals surface area (Å²) in [6.07, 6.45) is 0.902. The van der Waals surface area contributed by atoms with Crippen molar-refractivity contribution in [1.82, 2.24) is 0 Å². The molecule has 1 saturated carbocycles. The number of benzene rings is 2. The minimum atomic E-state index is -3.70. The van der Waals surface area contributed by atoms with E-state index in [1.54, 1.807) is 12.1 Å². The molecular weight excluding hydrogens is 370 g/mol. The molecule has 2 aromatic carbocycles. The summed E-state index contributed by atoms with van der Waals surface area (Å²) in [4.78, 5) is 0.176. The first-order chi connectivity index (χ1) is 12.4. The lowest BCUT2D eigenvalue weighted by atomic mass is 10.00. The highest BCUT2D eigenvalue weighted by Gasteiger charge is 2.72. The number of sulfone groups is 1. The van der Waals surface area contributed by atoms with Gasteiger partial charge >= 0.3 is 0 Å². The van der Waals surface area contributed by atoms with Crippen molar-refractivity contribution in [3.05, 3.63) is 64.7 Å². The number of ether oxygens (including phenoxy) is 1. The molecule has 3 rings (SSSR count). The molecule has 0 saturated heterocycles. The topological polar surface area (TPSA) is 67.2 Å². The van der Waals surface area contributed by atoms with Gasteiger partial charge in [0.15, 0.2) is 9.84 Å². The third-order valence-corrected chi connectivity index (χ3v) is 7.61. The molecule has 136 valence electrons. The molecule has 0 bridgehead atoms. The summed E-state index contributed by atoms with van der Waals surface area (Å²) < 4.78 is 31.7. The summed E-state index contributed by atoms with van der Waals surface area (Å²) >= 11 is 5.88. The number of aryl methyl sites for hydroxylation is 1. The number of hydrogen-bond donors (Lipinski definition) is 0. The third-order valence-electron chi connectivity index (χ3n) is 5.07. The zero-order valence-corrected chi connectivity index (χ0v) is 16.2. The minimum absolute atomic E-state index is 0.0706. The van der Waals surface area contributed by atoms with Crippen LogP contribution in [0.4, 0.5) is 0 Å². The van der Waals surface area contributed by atoms with Crippen LogP contribution in [-0.2, 0) is 21.0 Å². The Morgan fingerprint density at radius 3 is 2.27 bits per heavy atom. The van der Waals surface area contributed by atoms with Gasteiger partial charge in [0.05, 0.1) is 22.8 Å². The molecule has 0 spiro atoms. The molecule has 0 heterocycles. The summed E-state index contributed by atoms with van der Waals surface area (Å²) in [6.45, 7) is 2.13. The van der Waals surface area contributed by atoms with E-state index < -0.39 is 26.4 Å². The fourth-order valence-electron chi connectivity index (χ4n) is 3.64. The van der Waals surface area contributed by atoms with Gasteiger partial charge in [-0.1, -0.05) is 42.8 Å². The Balaban J connectivity index is 2.05. The van der Waals surface area contributed by atoms with Gasteiger partial charge in [-0.15, -0.1) is 0 Å². The van der Waals surface area contributed by atoms with E-state index in [1.807, 2.05) is 24.3 Å². The van der Waals surface area contributed by atoms with Crippen LogP contribution in [0.2, 0.25) is 5.02 Å². The van der Waals surface area contributed by atoms with Crippen LogP contribution in [-0.4, -0.2) is 27.4 Å². The lowest BCUT2D eigenvalue weighted by Gasteiger charge is -2.08. The van der Waals surface area contributed by atoms with E-state index in [1.165, 1.54) is 24.8 Å². The van der Waals surface area contributed by atoms with E-state index in [2.05, 4.69) is 13.0 Å². The molecule has 3 atom stereocenters. The van der Waals surface area contributed by atoms with Crippen molar-refractivity contribution in [2.24, 2.45) is 5.41 Å².